The average Bonchev–Trinajstić information content (AvgIpc) is 2.59. The van der Waals surface area contributed by atoms with Gasteiger partial charge in [-0.05, 0) is 42.9 Å². The number of hydrogen-bond donors (Lipinski definition) is 1. The third kappa shape index (κ3) is 2.50. The lowest BCUT2D eigenvalue weighted by Gasteiger charge is -2.14. The maximum atomic E-state index is 13.2. The van der Waals surface area contributed by atoms with Gasteiger partial charge in [0.25, 0.3) is 0 Å². The number of rotatable bonds is 2. The summed E-state index contributed by atoms with van der Waals surface area (Å²) in [5.41, 5.74) is 0.919. The minimum atomic E-state index is -0.373. The van der Waals surface area contributed by atoms with Crippen LogP contribution < -0.4 is 0 Å². The second-order valence-electron chi connectivity index (χ2n) is 4.21. The first-order valence-corrected chi connectivity index (χ1v) is 5.66. The molecule has 3 heteroatoms. The Morgan fingerprint density at radius 1 is 1.40 bits per heavy atom. The number of aliphatic hydroxyl groups is 1. The van der Waals surface area contributed by atoms with E-state index >= 15 is 0 Å². The van der Waals surface area contributed by atoms with E-state index in [1.54, 1.807) is 6.07 Å². The first-order chi connectivity index (χ1) is 7.16. The van der Waals surface area contributed by atoms with E-state index < -0.39 is 0 Å². The molecule has 1 N–H and O–H groups in total. The van der Waals surface area contributed by atoms with Crippen LogP contribution in [0.3, 0.4) is 0 Å². The maximum absolute atomic E-state index is 13.2. The van der Waals surface area contributed by atoms with Crippen LogP contribution in [0, 0.1) is 11.7 Å². The lowest BCUT2D eigenvalue weighted by atomic mass is 9.96. The van der Waals surface area contributed by atoms with Gasteiger partial charge in [-0.3, -0.25) is 0 Å². The highest BCUT2D eigenvalue weighted by atomic mass is 35.5. The van der Waals surface area contributed by atoms with Crippen molar-refractivity contribution in [2.24, 2.45) is 5.92 Å². The zero-order valence-corrected chi connectivity index (χ0v) is 9.17. The third-order valence-electron chi connectivity index (χ3n) is 3.10. The first kappa shape index (κ1) is 10.9. The molecule has 1 nitrogen and oxygen atoms in total. The Labute approximate surface area is 93.9 Å². The molecule has 1 aromatic rings. The van der Waals surface area contributed by atoms with Crippen molar-refractivity contribution >= 4 is 11.6 Å². The Morgan fingerprint density at radius 3 is 2.80 bits per heavy atom. The maximum Gasteiger partial charge on any atom is 0.142 e. The number of benzene rings is 1. The largest absolute Gasteiger partial charge is 0.393 e. The Morgan fingerprint density at radius 2 is 2.20 bits per heavy atom. The van der Waals surface area contributed by atoms with Crippen molar-refractivity contribution in [1.82, 2.24) is 0 Å². The molecule has 1 aliphatic rings. The van der Waals surface area contributed by atoms with Crippen molar-refractivity contribution in [1.29, 1.82) is 0 Å². The summed E-state index contributed by atoms with van der Waals surface area (Å²) in [4.78, 5) is 0. The minimum absolute atomic E-state index is 0.158. The minimum Gasteiger partial charge on any atom is -0.393 e. The van der Waals surface area contributed by atoms with E-state index in [-0.39, 0.29) is 22.9 Å². The van der Waals surface area contributed by atoms with Crippen LogP contribution in [0.4, 0.5) is 4.39 Å². The number of halogens is 2. The molecule has 82 valence electrons. The Balaban J connectivity index is 2.07. The fourth-order valence-corrected chi connectivity index (χ4v) is 2.34. The zero-order chi connectivity index (χ0) is 10.8. The Bertz CT molecular complexity index is 353. The molecule has 1 fully saturated rings. The highest BCUT2D eigenvalue weighted by molar-refractivity contribution is 6.30. The second kappa shape index (κ2) is 4.50. The summed E-state index contributed by atoms with van der Waals surface area (Å²) in [5.74, 6) is -0.0905. The summed E-state index contributed by atoms with van der Waals surface area (Å²) >= 11 is 5.60. The van der Waals surface area contributed by atoms with Gasteiger partial charge in [-0.1, -0.05) is 24.1 Å². The quantitative estimate of drug-likeness (QED) is 0.824. The average molecular weight is 229 g/mol. The van der Waals surface area contributed by atoms with Crippen LogP contribution in [0.2, 0.25) is 5.02 Å². The van der Waals surface area contributed by atoms with Crippen LogP contribution in [-0.4, -0.2) is 11.2 Å². The summed E-state index contributed by atoms with van der Waals surface area (Å²) in [6.45, 7) is 0. The summed E-state index contributed by atoms with van der Waals surface area (Å²) in [6.07, 6.45) is 3.51. The molecule has 1 aliphatic carbocycles. The van der Waals surface area contributed by atoms with E-state index in [1.807, 2.05) is 6.07 Å². The van der Waals surface area contributed by atoms with Gasteiger partial charge < -0.3 is 5.11 Å². The zero-order valence-electron chi connectivity index (χ0n) is 8.42. The van der Waals surface area contributed by atoms with Crippen LogP contribution in [0.1, 0.15) is 24.8 Å². The molecule has 0 bridgehead atoms. The number of hydrogen-bond acceptors (Lipinski definition) is 1. The Kier molecular flexibility index (Phi) is 3.27. The standard InChI is InChI=1S/C12H14ClFO/c13-10-5-4-8(7-11(10)14)6-9-2-1-3-12(9)15/h4-5,7,9,12,15H,1-3,6H2. The number of aliphatic hydroxyl groups excluding tert-OH is 1. The van der Waals surface area contributed by atoms with E-state index in [0.29, 0.717) is 0 Å². The smallest absolute Gasteiger partial charge is 0.142 e. The predicted octanol–water partition coefficient (Wildman–Crippen LogP) is 3.18. The molecule has 0 spiro atoms. The highest BCUT2D eigenvalue weighted by Gasteiger charge is 2.25. The van der Waals surface area contributed by atoms with Crippen LogP contribution >= 0.6 is 11.6 Å². The van der Waals surface area contributed by atoms with Gasteiger partial charge in [-0.15, -0.1) is 0 Å². The molecule has 2 atom stereocenters. The molecule has 0 aliphatic heterocycles. The molecular weight excluding hydrogens is 215 g/mol. The molecule has 1 saturated carbocycles. The molecule has 0 aromatic heterocycles. The van der Waals surface area contributed by atoms with Crippen LogP contribution in [0.15, 0.2) is 18.2 Å². The van der Waals surface area contributed by atoms with Gasteiger partial charge in [-0.25, -0.2) is 4.39 Å². The highest BCUT2D eigenvalue weighted by Crippen LogP contribution is 2.29. The van der Waals surface area contributed by atoms with Crippen molar-refractivity contribution in [3.63, 3.8) is 0 Å². The van der Waals surface area contributed by atoms with Gasteiger partial charge in [0.05, 0.1) is 11.1 Å². The topological polar surface area (TPSA) is 20.2 Å². The van der Waals surface area contributed by atoms with E-state index in [1.165, 1.54) is 6.07 Å². The first-order valence-electron chi connectivity index (χ1n) is 5.29. The van der Waals surface area contributed by atoms with Gasteiger partial charge in [0.1, 0.15) is 5.82 Å². The molecule has 0 saturated heterocycles. The summed E-state index contributed by atoms with van der Waals surface area (Å²) in [5, 5.41) is 9.81. The van der Waals surface area contributed by atoms with E-state index in [2.05, 4.69) is 0 Å². The summed E-state index contributed by atoms with van der Waals surface area (Å²) in [7, 11) is 0. The molecule has 0 radical (unpaired) electrons. The van der Waals surface area contributed by atoms with Crippen LogP contribution in [-0.2, 0) is 6.42 Å². The molecular formula is C12H14ClFO. The lowest BCUT2D eigenvalue weighted by Crippen LogP contribution is -2.15. The molecule has 1 aromatic carbocycles. The van der Waals surface area contributed by atoms with Crippen molar-refractivity contribution in [3.05, 3.63) is 34.6 Å². The van der Waals surface area contributed by atoms with E-state index in [0.717, 1.165) is 31.2 Å². The molecule has 0 heterocycles. The molecule has 15 heavy (non-hydrogen) atoms. The van der Waals surface area contributed by atoms with Crippen molar-refractivity contribution in [2.75, 3.05) is 0 Å². The molecule has 2 rings (SSSR count). The van der Waals surface area contributed by atoms with Gasteiger partial charge in [0.2, 0.25) is 0 Å². The van der Waals surface area contributed by atoms with Gasteiger partial charge in [0.15, 0.2) is 0 Å². The van der Waals surface area contributed by atoms with E-state index in [9.17, 15) is 9.50 Å². The van der Waals surface area contributed by atoms with Crippen molar-refractivity contribution < 1.29 is 9.50 Å². The lowest BCUT2D eigenvalue weighted by molar-refractivity contribution is 0.132. The third-order valence-corrected chi connectivity index (χ3v) is 3.41. The van der Waals surface area contributed by atoms with E-state index in [4.69, 9.17) is 11.6 Å². The van der Waals surface area contributed by atoms with Crippen molar-refractivity contribution in [2.45, 2.75) is 31.8 Å². The fourth-order valence-electron chi connectivity index (χ4n) is 2.22. The Hall–Kier alpha value is -0.600. The fraction of sp³-hybridized carbons (Fsp3) is 0.500. The monoisotopic (exact) mass is 228 g/mol. The van der Waals surface area contributed by atoms with Crippen molar-refractivity contribution in [3.8, 4) is 0 Å². The van der Waals surface area contributed by atoms with Gasteiger partial charge in [0, 0.05) is 0 Å². The van der Waals surface area contributed by atoms with Gasteiger partial charge >= 0.3 is 0 Å². The molecule has 0 amide bonds. The summed E-state index contributed by atoms with van der Waals surface area (Å²) < 4.78 is 13.2. The second-order valence-corrected chi connectivity index (χ2v) is 4.62. The SMILES string of the molecule is OC1CCCC1Cc1ccc(Cl)c(F)c1. The molecule has 2 unspecified atom stereocenters. The summed E-state index contributed by atoms with van der Waals surface area (Å²) in [6, 6.07) is 4.87. The van der Waals surface area contributed by atoms with Crippen LogP contribution in [0.5, 0.6) is 0 Å². The van der Waals surface area contributed by atoms with Gasteiger partial charge in [-0.2, -0.15) is 0 Å². The normalized spacial score (nSPS) is 25.8. The predicted molar refractivity (Wildman–Crippen MR) is 58.5 cm³/mol. The van der Waals surface area contributed by atoms with Crippen LogP contribution in [0.25, 0.3) is 0 Å².